The van der Waals surface area contributed by atoms with E-state index in [2.05, 4.69) is 168 Å². The van der Waals surface area contributed by atoms with Gasteiger partial charge in [-0.05, 0) is 59.7 Å². The molecule has 3 heteroatoms. The third-order valence-electron chi connectivity index (χ3n) is 8.66. The largest absolute Gasteiger partial charge is 0.309 e. The number of para-hydroxylation sites is 3. The third kappa shape index (κ3) is 3.85. The lowest BCUT2D eigenvalue weighted by Crippen LogP contribution is -2.37. The Morgan fingerprint density at radius 1 is 0.381 bits per heavy atom. The van der Waals surface area contributed by atoms with Crippen LogP contribution in [-0.4, -0.2) is 17.2 Å². The minimum atomic E-state index is -1.44. The van der Waals surface area contributed by atoms with Gasteiger partial charge in [-0.25, -0.2) is 0 Å². The fourth-order valence-corrected chi connectivity index (χ4v) is 7.73. The molecule has 0 aliphatic rings. The van der Waals surface area contributed by atoms with Crippen molar-refractivity contribution in [1.82, 2.24) is 9.13 Å². The zero-order valence-corrected chi connectivity index (χ0v) is 25.2. The van der Waals surface area contributed by atoms with Crippen molar-refractivity contribution in [3.05, 3.63) is 140 Å². The summed E-state index contributed by atoms with van der Waals surface area (Å²) < 4.78 is 4.82. The number of hydrogen-bond donors (Lipinski definition) is 0. The molecule has 2 aromatic heterocycles. The van der Waals surface area contributed by atoms with Crippen molar-refractivity contribution in [2.45, 2.75) is 19.6 Å². The number of nitrogens with zero attached hydrogens (tertiary/aromatic N) is 2. The summed E-state index contributed by atoms with van der Waals surface area (Å²) >= 11 is 0. The Balaban J connectivity index is 1.30. The van der Waals surface area contributed by atoms with Crippen LogP contribution in [0.2, 0.25) is 19.6 Å². The van der Waals surface area contributed by atoms with Gasteiger partial charge >= 0.3 is 0 Å². The molecule has 6 aromatic carbocycles. The first-order valence-electron chi connectivity index (χ1n) is 14.7. The quantitative estimate of drug-likeness (QED) is 0.191. The summed E-state index contributed by atoms with van der Waals surface area (Å²) in [6, 6.07) is 51.3. The summed E-state index contributed by atoms with van der Waals surface area (Å²) in [7, 11) is -1.44. The third-order valence-corrected chi connectivity index (χ3v) is 10.7. The molecule has 2 heterocycles. The van der Waals surface area contributed by atoms with E-state index in [9.17, 15) is 0 Å². The van der Waals surface area contributed by atoms with Gasteiger partial charge in [0.2, 0.25) is 0 Å². The molecule has 0 saturated heterocycles. The van der Waals surface area contributed by atoms with Crippen LogP contribution in [-0.2, 0) is 0 Å². The molecule has 2 nitrogen and oxygen atoms in total. The highest BCUT2D eigenvalue weighted by molar-refractivity contribution is 6.88. The monoisotopic (exact) mass is 556 g/mol. The predicted octanol–water partition coefficient (Wildman–Crippen LogP) is 10.1. The van der Waals surface area contributed by atoms with Crippen molar-refractivity contribution in [1.29, 1.82) is 0 Å². The van der Waals surface area contributed by atoms with Crippen LogP contribution in [0.25, 0.3) is 66.1 Å². The Hall–Kier alpha value is -4.86. The molecule has 0 aliphatic carbocycles. The summed E-state index contributed by atoms with van der Waals surface area (Å²) in [5, 5.41) is 6.71. The van der Waals surface area contributed by atoms with Crippen molar-refractivity contribution in [3.8, 4) is 22.5 Å². The average molecular weight is 557 g/mol. The number of aromatic nitrogens is 2. The second kappa shape index (κ2) is 9.33. The van der Waals surface area contributed by atoms with E-state index in [0.29, 0.717) is 0 Å². The molecular weight excluding hydrogens is 525 g/mol. The first-order valence-corrected chi connectivity index (χ1v) is 18.2. The van der Waals surface area contributed by atoms with Crippen LogP contribution < -0.4 is 5.19 Å². The maximum absolute atomic E-state index is 2.44. The number of rotatable bonds is 4. The SMILES string of the molecule is C[Si](C)(C)c1ccc2c(c1)c1ccccc1n2-c1cccc(-c2cccc(-n3c4ccccc4c4ccccc43)c2)c1. The minimum absolute atomic E-state index is 1.17. The Labute approximate surface area is 247 Å². The van der Waals surface area contributed by atoms with Crippen molar-refractivity contribution >= 4 is 56.9 Å². The van der Waals surface area contributed by atoms with E-state index >= 15 is 0 Å². The summed E-state index contributed by atoms with van der Waals surface area (Å²) in [5.74, 6) is 0. The minimum Gasteiger partial charge on any atom is -0.309 e. The van der Waals surface area contributed by atoms with Crippen LogP contribution in [0.3, 0.4) is 0 Å². The van der Waals surface area contributed by atoms with Gasteiger partial charge in [0.25, 0.3) is 0 Å². The molecule has 0 spiro atoms. The van der Waals surface area contributed by atoms with E-state index in [0.717, 1.165) is 0 Å². The second-order valence-corrected chi connectivity index (χ2v) is 17.4. The molecule has 202 valence electrons. The van der Waals surface area contributed by atoms with Gasteiger partial charge in [-0.15, -0.1) is 0 Å². The molecule has 0 fully saturated rings. The van der Waals surface area contributed by atoms with Gasteiger partial charge in [-0.2, -0.15) is 0 Å². The zero-order valence-electron chi connectivity index (χ0n) is 24.2. The van der Waals surface area contributed by atoms with E-state index in [1.54, 1.807) is 0 Å². The molecule has 0 saturated carbocycles. The molecule has 0 amide bonds. The average Bonchev–Trinajstić information content (AvgIpc) is 3.53. The first kappa shape index (κ1) is 24.9. The van der Waals surface area contributed by atoms with Crippen LogP contribution in [0.5, 0.6) is 0 Å². The van der Waals surface area contributed by atoms with Crippen LogP contribution in [0.1, 0.15) is 0 Å². The summed E-state index contributed by atoms with van der Waals surface area (Å²) in [6.07, 6.45) is 0. The highest BCUT2D eigenvalue weighted by Crippen LogP contribution is 2.35. The topological polar surface area (TPSA) is 9.86 Å². The van der Waals surface area contributed by atoms with Crippen molar-refractivity contribution in [3.63, 3.8) is 0 Å². The van der Waals surface area contributed by atoms with Crippen LogP contribution >= 0.6 is 0 Å². The van der Waals surface area contributed by atoms with Crippen molar-refractivity contribution in [2.24, 2.45) is 0 Å². The van der Waals surface area contributed by atoms with Gasteiger partial charge < -0.3 is 9.13 Å². The van der Waals surface area contributed by atoms with Crippen LogP contribution in [0.4, 0.5) is 0 Å². The lowest BCUT2D eigenvalue weighted by molar-refractivity contribution is 1.17. The second-order valence-electron chi connectivity index (χ2n) is 12.3. The van der Waals surface area contributed by atoms with Gasteiger partial charge in [-0.1, -0.05) is 116 Å². The smallest absolute Gasteiger partial charge is 0.0776 e. The fourth-order valence-electron chi connectivity index (χ4n) is 6.57. The van der Waals surface area contributed by atoms with E-state index in [-0.39, 0.29) is 0 Å². The van der Waals surface area contributed by atoms with Crippen LogP contribution in [0, 0.1) is 0 Å². The van der Waals surface area contributed by atoms with E-state index in [1.165, 1.54) is 71.3 Å². The molecule has 8 rings (SSSR count). The highest BCUT2D eigenvalue weighted by atomic mass is 28.3. The Kier molecular flexibility index (Phi) is 5.53. The fraction of sp³-hybridized carbons (Fsp3) is 0.0769. The maximum atomic E-state index is 2.44. The van der Waals surface area contributed by atoms with E-state index in [1.807, 2.05) is 0 Å². The molecule has 0 N–H and O–H groups in total. The molecule has 0 aliphatic heterocycles. The number of hydrogen-bond acceptors (Lipinski definition) is 0. The summed E-state index contributed by atoms with van der Waals surface area (Å²) in [4.78, 5) is 0. The molecule has 8 aromatic rings. The molecular formula is C39H32N2Si. The highest BCUT2D eigenvalue weighted by Gasteiger charge is 2.20. The Morgan fingerprint density at radius 3 is 1.29 bits per heavy atom. The van der Waals surface area contributed by atoms with Gasteiger partial charge in [0.05, 0.1) is 30.1 Å². The maximum Gasteiger partial charge on any atom is 0.0776 e. The molecule has 42 heavy (non-hydrogen) atoms. The lowest BCUT2D eigenvalue weighted by Gasteiger charge is -2.17. The Bertz CT molecular complexity index is 2240. The molecule has 0 atom stereocenters. The Morgan fingerprint density at radius 2 is 0.810 bits per heavy atom. The number of fused-ring (bicyclic) bond motifs is 6. The first-order chi connectivity index (χ1) is 20.5. The molecule has 0 unspecified atom stereocenters. The van der Waals surface area contributed by atoms with Gasteiger partial charge in [0.15, 0.2) is 0 Å². The number of benzene rings is 6. The lowest BCUT2D eigenvalue weighted by atomic mass is 10.0. The summed E-state index contributed by atoms with van der Waals surface area (Å²) in [5.41, 5.74) is 9.73. The van der Waals surface area contributed by atoms with E-state index < -0.39 is 8.07 Å². The standard InChI is InChI=1S/C39H32N2Si/c1-42(2,3)31-22-23-39-35(26-31)34-18-6-9-21-38(34)41(39)30-15-11-13-28(25-30)27-12-10-14-29(24-27)40-36-19-7-4-16-32(36)33-17-5-8-20-37(33)40/h4-26H,1-3H3. The van der Waals surface area contributed by atoms with Gasteiger partial charge in [-0.3, -0.25) is 0 Å². The van der Waals surface area contributed by atoms with Crippen LogP contribution in [0.15, 0.2) is 140 Å². The molecule has 0 radical (unpaired) electrons. The molecule has 0 bridgehead atoms. The van der Waals surface area contributed by atoms with Gasteiger partial charge in [0.1, 0.15) is 0 Å². The van der Waals surface area contributed by atoms with E-state index in [4.69, 9.17) is 0 Å². The predicted molar refractivity (Wildman–Crippen MR) is 184 cm³/mol. The van der Waals surface area contributed by atoms with Gasteiger partial charge in [0, 0.05) is 32.9 Å². The normalized spacial score (nSPS) is 12.2. The summed E-state index contributed by atoms with van der Waals surface area (Å²) in [6.45, 7) is 7.26. The van der Waals surface area contributed by atoms with Crippen molar-refractivity contribution < 1.29 is 0 Å². The zero-order chi connectivity index (χ0) is 28.4. The van der Waals surface area contributed by atoms with Crippen molar-refractivity contribution in [2.75, 3.05) is 0 Å².